The minimum Gasteiger partial charge on any atom is -0.309 e. The summed E-state index contributed by atoms with van der Waals surface area (Å²) in [6.07, 6.45) is 1.25. The van der Waals surface area contributed by atoms with Crippen molar-refractivity contribution < 1.29 is 0 Å². The Kier molecular flexibility index (Phi) is 14.4. The highest BCUT2D eigenvalue weighted by atomic mass is 15.2. The van der Waals surface area contributed by atoms with E-state index in [1.165, 1.54) is 79.1 Å². The van der Waals surface area contributed by atoms with Crippen LogP contribution in [0.3, 0.4) is 0 Å². The van der Waals surface area contributed by atoms with Crippen molar-refractivity contribution in [1.82, 2.24) is 0 Å². The molecular formula is C35H55N. The summed E-state index contributed by atoms with van der Waals surface area (Å²) in [4.78, 5) is 2.51. The average Bonchev–Trinajstić information content (AvgIpc) is 2.91. The van der Waals surface area contributed by atoms with E-state index in [2.05, 4.69) is 118 Å². The summed E-state index contributed by atoms with van der Waals surface area (Å²) in [6.45, 7) is 34.9. The van der Waals surface area contributed by atoms with Crippen molar-refractivity contribution in [3.8, 4) is 0 Å². The molecule has 0 aliphatic rings. The van der Waals surface area contributed by atoms with E-state index in [0.717, 1.165) is 0 Å². The van der Waals surface area contributed by atoms with Crippen LogP contribution >= 0.6 is 0 Å². The van der Waals surface area contributed by atoms with Crippen molar-refractivity contribution in [2.24, 2.45) is 0 Å². The van der Waals surface area contributed by atoms with Gasteiger partial charge < -0.3 is 4.90 Å². The SMILES string of the molecule is CC.CC.CCC.Cc1c(C)c(C)c(N(c2ccccc2)c2c(C)c(C)c(C)c(C)c2C)c(C)c1C. The molecule has 3 aromatic carbocycles. The monoisotopic (exact) mass is 489 g/mol. The van der Waals surface area contributed by atoms with Gasteiger partial charge in [0.05, 0.1) is 11.4 Å². The topological polar surface area (TPSA) is 3.24 Å². The van der Waals surface area contributed by atoms with Crippen LogP contribution in [0.25, 0.3) is 0 Å². The Labute approximate surface area is 225 Å². The first-order chi connectivity index (χ1) is 17.0. The molecule has 3 rings (SSSR count). The van der Waals surface area contributed by atoms with Crippen molar-refractivity contribution in [3.63, 3.8) is 0 Å². The second-order valence-electron chi connectivity index (χ2n) is 9.33. The highest BCUT2D eigenvalue weighted by molar-refractivity contribution is 5.86. The van der Waals surface area contributed by atoms with E-state index in [4.69, 9.17) is 0 Å². The number of rotatable bonds is 3. The number of anilines is 3. The molecule has 0 amide bonds. The van der Waals surface area contributed by atoms with E-state index in [0.29, 0.717) is 0 Å². The predicted molar refractivity (Wildman–Crippen MR) is 167 cm³/mol. The highest BCUT2D eigenvalue weighted by Gasteiger charge is 2.25. The molecule has 0 aromatic heterocycles. The molecule has 36 heavy (non-hydrogen) atoms. The molecule has 0 aliphatic heterocycles. The van der Waals surface area contributed by atoms with Gasteiger partial charge in [-0.05, 0) is 137 Å². The van der Waals surface area contributed by atoms with Crippen LogP contribution in [0.2, 0.25) is 0 Å². The fourth-order valence-electron chi connectivity index (χ4n) is 4.58. The van der Waals surface area contributed by atoms with Gasteiger partial charge in [0.25, 0.3) is 0 Å². The lowest BCUT2D eigenvalue weighted by Gasteiger charge is -2.34. The normalized spacial score (nSPS) is 9.78. The number of para-hydroxylation sites is 1. The molecule has 0 radical (unpaired) electrons. The minimum atomic E-state index is 1.22. The Hall–Kier alpha value is -2.54. The molecule has 0 aliphatic carbocycles. The second-order valence-corrected chi connectivity index (χ2v) is 9.33. The molecule has 0 N–H and O–H groups in total. The second kappa shape index (κ2) is 15.5. The molecular weight excluding hydrogens is 434 g/mol. The minimum absolute atomic E-state index is 1.22. The van der Waals surface area contributed by atoms with Crippen LogP contribution in [-0.4, -0.2) is 0 Å². The summed E-state index contributed by atoms with van der Waals surface area (Å²) >= 11 is 0. The van der Waals surface area contributed by atoms with Gasteiger partial charge in [0, 0.05) is 5.69 Å². The van der Waals surface area contributed by atoms with Crippen molar-refractivity contribution >= 4 is 17.1 Å². The van der Waals surface area contributed by atoms with Crippen LogP contribution in [0, 0.1) is 69.2 Å². The maximum atomic E-state index is 2.51. The Morgan fingerprint density at radius 2 is 0.639 bits per heavy atom. The lowest BCUT2D eigenvalue weighted by molar-refractivity contribution is 1.09. The molecule has 200 valence electrons. The zero-order valence-corrected chi connectivity index (χ0v) is 26.5. The largest absolute Gasteiger partial charge is 0.309 e. The third kappa shape index (κ3) is 6.81. The van der Waals surface area contributed by atoms with E-state index in [9.17, 15) is 0 Å². The molecule has 0 bridgehead atoms. The summed E-state index contributed by atoms with van der Waals surface area (Å²) in [5, 5.41) is 0. The predicted octanol–water partition coefficient (Wildman–Crippen LogP) is 11.7. The van der Waals surface area contributed by atoms with Gasteiger partial charge in [0.15, 0.2) is 0 Å². The summed E-state index contributed by atoms with van der Waals surface area (Å²) < 4.78 is 0. The molecule has 0 saturated heterocycles. The van der Waals surface area contributed by atoms with Crippen LogP contribution in [0.4, 0.5) is 17.1 Å². The fourth-order valence-corrected chi connectivity index (χ4v) is 4.58. The van der Waals surface area contributed by atoms with Gasteiger partial charge >= 0.3 is 0 Å². The number of hydrogen-bond donors (Lipinski definition) is 0. The van der Waals surface area contributed by atoms with Crippen molar-refractivity contribution in [2.75, 3.05) is 4.90 Å². The lowest BCUT2D eigenvalue weighted by Crippen LogP contribution is -2.18. The Morgan fingerprint density at radius 1 is 0.417 bits per heavy atom. The first-order valence-corrected chi connectivity index (χ1v) is 14.0. The third-order valence-corrected chi connectivity index (χ3v) is 7.38. The van der Waals surface area contributed by atoms with Crippen LogP contribution in [0.15, 0.2) is 30.3 Å². The standard InChI is InChI=1S/C28H35N.C3H8.2C2H6/c1-16-18(3)22(7)27(23(8)19(16)4)29(26-14-12-11-13-15-26)28-24(9)20(5)17(2)21(6)25(28)10;1-3-2;2*1-2/h11-15H,1-10H3;3H2,1-2H3;2*1-2H3. The Morgan fingerprint density at radius 3 is 0.889 bits per heavy atom. The van der Waals surface area contributed by atoms with E-state index in [1.807, 2.05) is 27.7 Å². The first-order valence-electron chi connectivity index (χ1n) is 14.0. The molecule has 1 nitrogen and oxygen atoms in total. The van der Waals surface area contributed by atoms with E-state index >= 15 is 0 Å². The zero-order chi connectivity index (χ0) is 28.3. The molecule has 0 atom stereocenters. The van der Waals surface area contributed by atoms with Gasteiger partial charge in [-0.15, -0.1) is 0 Å². The summed E-state index contributed by atoms with van der Waals surface area (Å²) in [7, 11) is 0. The molecule has 0 heterocycles. The van der Waals surface area contributed by atoms with Crippen LogP contribution in [-0.2, 0) is 0 Å². The van der Waals surface area contributed by atoms with Gasteiger partial charge in [-0.1, -0.05) is 66.2 Å². The van der Waals surface area contributed by atoms with Crippen LogP contribution in [0.1, 0.15) is 104 Å². The van der Waals surface area contributed by atoms with E-state index in [-0.39, 0.29) is 0 Å². The Balaban J connectivity index is 0.00000159. The van der Waals surface area contributed by atoms with Crippen LogP contribution < -0.4 is 4.90 Å². The molecule has 3 aromatic rings. The van der Waals surface area contributed by atoms with Gasteiger partial charge in [0.1, 0.15) is 0 Å². The molecule has 0 saturated carbocycles. The van der Waals surface area contributed by atoms with Gasteiger partial charge in [0.2, 0.25) is 0 Å². The summed E-state index contributed by atoms with van der Waals surface area (Å²) in [5.74, 6) is 0. The maximum absolute atomic E-state index is 2.51. The summed E-state index contributed by atoms with van der Waals surface area (Å²) in [6, 6.07) is 10.8. The van der Waals surface area contributed by atoms with Crippen molar-refractivity contribution in [2.45, 2.75) is 117 Å². The third-order valence-electron chi connectivity index (χ3n) is 7.38. The van der Waals surface area contributed by atoms with Gasteiger partial charge in [-0.25, -0.2) is 0 Å². The van der Waals surface area contributed by atoms with Crippen molar-refractivity contribution in [3.05, 3.63) is 86.0 Å². The highest BCUT2D eigenvalue weighted by Crippen LogP contribution is 2.46. The van der Waals surface area contributed by atoms with Gasteiger partial charge in [-0.2, -0.15) is 0 Å². The maximum Gasteiger partial charge on any atom is 0.0525 e. The summed E-state index contributed by atoms with van der Waals surface area (Å²) in [5.41, 5.74) is 17.7. The number of benzene rings is 3. The van der Waals surface area contributed by atoms with E-state index in [1.54, 1.807) is 0 Å². The quantitative estimate of drug-likeness (QED) is 0.353. The van der Waals surface area contributed by atoms with Crippen molar-refractivity contribution in [1.29, 1.82) is 0 Å². The first kappa shape index (κ1) is 33.5. The fraction of sp³-hybridized carbons (Fsp3) is 0.486. The number of hydrogen-bond acceptors (Lipinski definition) is 1. The van der Waals surface area contributed by atoms with E-state index < -0.39 is 0 Å². The van der Waals surface area contributed by atoms with Gasteiger partial charge in [-0.3, -0.25) is 0 Å². The lowest BCUT2D eigenvalue weighted by atomic mass is 9.89. The molecule has 1 heteroatoms. The van der Waals surface area contributed by atoms with Crippen LogP contribution in [0.5, 0.6) is 0 Å². The Bertz CT molecular complexity index is 976. The molecule has 0 spiro atoms. The molecule has 0 fully saturated rings. The average molecular weight is 490 g/mol. The molecule has 0 unspecified atom stereocenters. The smallest absolute Gasteiger partial charge is 0.0525 e. The number of nitrogens with zero attached hydrogens (tertiary/aromatic N) is 1. The zero-order valence-electron chi connectivity index (χ0n) is 26.5.